The highest BCUT2D eigenvalue weighted by Gasteiger charge is 2.37. The molecule has 1 atom stereocenters. The van der Waals surface area contributed by atoms with Crippen LogP contribution in [-0.4, -0.2) is 45.6 Å². The van der Waals surface area contributed by atoms with E-state index in [0.717, 1.165) is 35.8 Å². The number of hydrogen-bond donors (Lipinski definition) is 1. The number of hydrogen-bond acceptors (Lipinski definition) is 8. The van der Waals surface area contributed by atoms with E-state index in [1.807, 2.05) is 38.9 Å². The number of carbonyl (C=O) groups excluding carboxylic acids is 2. The van der Waals surface area contributed by atoms with Gasteiger partial charge < -0.3 is 24.0 Å². The van der Waals surface area contributed by atoms with Crippen LogP contribution in [0.25, 0.3) is 22.3 Å². The van der Waals surface area contributed by atoms with Crippen LogP contribution in [0.1, 0.15) is 81.2 Å². The van der Waals surface area contributed by atoms with Crippen molar-refractivity contribution in [1.82, 2.24) is 14.5 Å². The molecule has 2 aromatic heterocycles. The summed E-state index contributed by atoms with van der Waals surface area (Å²) in [5.41, 5.74) is 3.90. The van der Waals surface area contributed by atoms with Crippen LogP contribution in [0, 0.1) is 0 Å². The van der Waals surface area contributed by atoms with Crippen molar-refractivity contribution < 1.29 is 24.2 Å². The second-order valence-corrected chi connectivity index (χ2v) is 10.0. The number of rotatable bonds is 8. The fraction of sp³-hybridized carbons (Fsp3) is 0.467. The predicted octanol–water partition coefficient (Wildman–Crippen LogP) is 4.83. The molecule has 39 heavy (non-hydrogen) atoms. The average Bonchev–Trinajstić information content (AvgIpc) is 3.28. The van der Waals surface area contributed by atoms with Gasteiger partial charge in [-0.05, 0) is 44.8 Å². The summed E-state index contributed by atoms with van der Waals surface area (Å²) in [5.74, 6) is -0.961. The second kappa shape index (κ2) is 12.0. The number of phenolic OH excluding ortho intramolecular Hbond substituents is 1. The summed E-state index contributed by atoms with van der Waals surface area (Å²) in [5, 5.41) is 11.3. The number of nitrogens with zero attached hydrogens (tertiary/aromatic N) is 3. The van der Waals surface area contributed by atoms with Crippen molar-refractivity contribution in [2.24, 2.45) is 0 Å². The topological polar surface area (TPSA) is 111 Å². The highest BCUT2D eigenvalue weighted by molar-refractivity contribution is 5.89. The first kappa shape index (κ1) is 28.3. The van der Waals surface area contributed by atoms with E-state index in [2.05, 4.69) is 6.92 Å². The highest BCUT2D eigenvalue weighted by atomic mass is 16.6. The van der Waals surface area contributed by atoms with Crippen molar-refractivity contribution in [3.8, 4) is 17.1 Å². The smallest absolute Gasteiger partial charge is 0.352 e. The van der Waals surface area contributed by atoms with Crippen LogP contribution in [0.2, 0.25) is 0 Å². The molecule has 1 unspecified atom stereocenters. The van der Waals surface area contributed by atoms with E-state index in [0.29, 0.717) is 47.5 Å². The van der Waals surface area contributed by atoms with Crippen LogP contribution in [0.15, 0.2) is 29.1 Å². The number of phenols is 1. The number of aromatic nitrogens is 2. The number of ether oxygens (including phenoxy) is 2. The molecule has 3 aromatic rings. The van der Waals surface area contributed by atoms with Gasteiger partial charge in [0.25, 0.3) is 5.56 Å². The molecule has 0 aliphatic carbocycles. The van der Waals surface area contributed by atoms with Crippen LogP contribution in [0.4, 0.5) is 0 Å². The van der Waals surface area contributed by atoms with Gasteiger partial charge in [0.1, 0.15) is 12.4 Å². The summed E-state index contributed by atoms with van der Waals surface area (Å²) >= 11 is 0. The molecular formula is C30H37N3O6. The fourth-order valence-corrected chi connectivity index (χ4v) is 5.11. The first-order valence-corrected chi connectivity index (χ1v) is 13.7. The van der Waals surface area contributed by atoms with E-state index in [-0.39, 0.29) is 24.3 Å². The molecule has 0 saturated carbocycles. The molecule has 0 saturated heterocycles. The number of cyclic esters (lactones) is 1. The summed E-state index contributed by atoms with van der Waals surface area (Å²) in [4.78, 5) is 45.4. The van der Waals surface area contributed by atoms with E-state index in [1.54, 1.807) is 22.8 Å². The van der Waals surface area contributed by atoms with Gasteiger partial charge in [0.2, 0.25) is 6.10 Å². The van der Waals surface area contributed by atoms with Gasteiger partial charge in [-0.1, -0.05) is 40.0 Å². The zero-order valence-electron chi connectivity index (χ0n) is 23.4. The quantitative estimate of drug-likeness (QED) is 0.252. The van der Waals surface area contributed by atoms with E-state index >= 15 is 0 Å². The van der Waals surface area contributed by atoms with Gasteiger partial charge in [-0.25, -0.2) is 9.78 Å². The molecule has 1 N–H and O–H groups in total. The fourth-order valence-electron chi connectivity index (χ4n) is 5.11. The normalized spacial score (nSPS) is 15.2. The molecule has 2 aliphatic rings. The Bertz CT molecular complexity index is 1460. The van der Waals surface area contributed by atoms with Gasteiger partial charge in [0, 0.05) is 35.0 Å². The molecule has 5 rings (SSSR count). The standard InChI is InChI=1S/C28H31N3O6.C2H6/c1-4-5-6-7-8-24(33)37-26-18-12-22-25-16(13-31(22)27(34)20(18)15-36-28(26)35)11-17-19(14-30(2)3)23(32)10-9-21(17)29-25;1-2/h9-12,26,32H,4-8,13-15H2,1-3H3;1-2H3. The third-order valence-electron chi connectivity index (χ3n) is 6.98. The summed E-state index contributed by atoms with van der Waals surface area (Å²) in [6.45, 7) is 6.78. The van der Waals surface area contributed by atoms with E-state index in [9.17, 15) is 19.5 Å². The van der Waals surface area contributed by atoms with Crippen molar-refractivity contribution in [2.45, 2.75) is 78.7 Å². The summed E-state index contributed by atoms with van der Waals surface area (Å²) < 4.78 is 12.4. The van der Waals surface area contributed by atoms with Crippen LogP contribution >= 0.6 is 0 Å². The monoisotopic (exact) mass is 535 g/mol. The van der Waals surface area contributed by atoms with E-state index in [4.69, 9.17) is 14.5 Å². The Kier molecular flexibility index (Phi) is 8.70. The lowest BCUT2D eigenvalue weighted by atomic mass is 9.99. The minimum absolute atomic E-state index is 0.162. The molecule has 9 heteroatoms. The van der Waals surface area contributed by atoms with Gasteiger partial charge >= 0.3 is 11.9 Å². The number of benzene rings is 1. The maximum atomic E-state index is 13.5. The number of unbranched alkanes of at least 4 members (excludes halogenated alkanes) is 3. The van der Waals surface area contributed by atoms with Gasteiger partial charge in [-0.3, -0.25) is 9.59 Å². The first-order valence-electron chi connectivity index (χ1n) is 13.7. The Morgan fingerprint density at radius 1 is 1.18 bits per heavy atom. The first-order chi connectivity index (χ1) is 18.8. The van der Waals surface area contributed by atoms with Crippen molar-refractivity contribution in [3.63, 3.8) is 0 Å². The molecule has 4 heterocycles. The van der Waals surface area contributed by atoms with Gasteiger partial charge in [-0.15, -0.1) is 0 Å². The van der Waals surface area contributed by atoms with Crippen molar-refractivity contribution >= 4 is 22.8 Å². The zero-order valence-corrected chi connectivity index (χ0v) is 23.4. The molecule has 1 aromatic carbocycles. The average molecular weight is 536 g/mol. The number of esters is 2. The zero-order chi connectivity index (χ0) is 28.3. The maximum Gasteiger partial charge on any atom is 0.352 e. The Balaban J connectivity index is 0.00000172. The number of fused-ring (bicyclic) bond motifs is 5. The molecule has 0 amide bonds. The number of carbonyl (C=O) groups is 2. The molecule has 208 valence electrons. The third kappa shape index (κ3) is 5.54. The molecular weight excluding hydrogens is 498 g/mol. The molecule has 2 aliphatic heterocycles. The van der Waals surface area contributed by atoms with E-state index < -0.39 is 18.0 Å². The van der Waals surface area contributed by atoms with Crippen molar-refractivity contribution in [2.75, 3.05) is 14.1 Å². The number of pyridine rings is 2. The van der Waals surface area contributed by atoms with Crippen molar-refractivity contribution in [3.05, 3.63) is 56.9 Å². The maximum absolute atomic E-state index is 13.5. The van der Waals surface area contributed by atoms with Crippen LogP contribution in [-0.2, 0) is 38.8 Å². The Hall–Kier alpha value is -3.72. The SMILES string of the molecule is CC.CCCCCCC(=O)OC1C(=O)OCc2c1cc1n(c2=O)Cc2cc3c(CN(C)C)c(O)ccc3nc2-1. The van der Waals surface area contributed by atoms with Crippen LogP contribution < -0.4 is 5.56 Å². The second-order valence-electron chi connectivity index (χ2n) is 10.0. The summed E-state index contributed by atoms with van der Waals surface area (Å²) in [6.07, 6.45) is 2.62. The molecule has 0 radical (unpaired) electrons. The minimum atomic E-state index is -1.27. The predicted molar refractivity (Wildman–Crippen MR) is 148 cm³/mol. The lowest BCUT2D eigenvalue weighted by Crippen LogP contribution is -2.34. The van der Waals surface area contributed by atoms with Gasteiger partial charge in [0.05, 0.1) is 29.0 Å². The molecule has 0 spiro atoms. The summed E-state index contributed by atoms with van der Waals surface area (Å²) in [7, 11) is 3.85. The van der Waals surface area contributed by atoms with Gasteiger partial charge in [0.15, 0.2) is 0 Å². The highest BCUT2D eigenvalue weighted by Crippen LogP contribution is 2.38. The Labute approximate surface area is 228 Å². The lowest BCUT2D eigenvalue weighted by molar-refractivity contribution is -0.171. The Morgan fingerprint density at radius 3 is 2.67 bits per heavy atom. The Morgan fingerprint density at radius 2 is 1.95 bits per heavy atom. The van der Waals surface area contributed by atoms with Crippen molar-refractivity contribution in [1.29, 1.82) is 0 Å². The largest absolute Gasteiger partial charge is 0.508 e. The summed E-state index contributed by atoms with van der Waals surface area (Å²) in [6, 6.07) is 7.08. The van der Waals surface area contributed by atoms with Crippen LogP contribution in [0.3, 0.4) is 0 Å². The van der Waals surface area contributed by atoms with Gasteiger partial charge in [-0.2, -0.15) is 0 Å². The molecule has 9 nitrogen and oxygen atoms in total. The van der Waals surface area contributed by atoms with Crippen LogP contribution in [0.5, 0.6) is 5.75 Å². The molecule has 0 fully saturated rings. The van der Waals surface area contributed by atoms with E-state index in [1.165, 1.54) is 0 Å². The minimum Gasteiger partial charge on any atom is -0.508 e. The number of aromatic hydroxyl groups is 1. The lowest BCUT2D eigenvalue weighted by Gasteiger charge is -2.25. The third-order valence-corrected chi connectivity index (χ3v) is 6.98. The molecule has 0 bridgehead atoms.